The summed E-state index contributed by atoms with van der Waals surface area (Å²) in [6.07, 6.45) is 0. The highest BCUT2D eigenvalue weighted by molar-refractivity contribution is 7.97. The van der Waals surface area contributed by atoms with Gasteiger partial charge in [0.05, 0.1) is 15.0 Å². The molecule has 0 N–H and O–H groups in total. The van der Waals surface area contributed by atoms with E-state index in [9.17, 15) is 8.42 Å². The van der Waals surface area contributed by atoms with Gasteiger partial charge < -0.3 is 0 Å². The third kappa shape index (κ3) is 3.55. The Balaban J connectivity index is 2.57. The fraction of sp³-hybridized carbons (Fsp3) is 0. The number of hydrogen-bond donors (Lipinski definition) is 0. The molecule has 0 spiro atoms. The maximum absolute atomic E-state index is 12.4. The van der Waals surface area contributed by atoms with E-state index < -0.39 is 14.2 Å². The summed E-state index contributed by atoms with van der Waals surface area (Å²) in [6.45, 7) is 0. The van der Waals surface area contributed by atoms with Crippen molar-refractivity contribution < 1.29 is 8.42 Å². The normalized spacial score (nSPS) is 13.0. The molecule has 0 bridgehead atoms. The Kier molecular flexibility index (Phi) is 5.23. The van der Waals surface area contributed by atoms with Crippen LogP contribution >= 0.6 is 46.4 Å². The van der Waals surface area contributed by atoms with E-state index in [-0.39, 0.29) is 15.0 Å². The molecule has 2 rings (SSSR count). The second kappa shape index (κ2) is 6.59. The number of hydrogen-bond acceptors (Lipinski definition) is 2. The van der Waals surface area contributed by atoms with Gasteiger partial charge in [0.2, 0.25) is 9.84 Å². The molecule has 110 valence electrons. The molecule has 0 radical (unpaired) electrons. The minimum Gasteiger partial charge on any atom is -0.218 e. The summed E-state index contributed by atoms with van der Waals surface area (Å²) >= 11 is 23.9. The molecule has 0 aliphatic carbocycles. The van der Waals surface area contributed by atoms with Crippen LogP contribution in [0, 0.1) is 0 Å². The van der Waals surface area contributed by atoms with Crippen LogP contribution in [0.2, 0.25) is 10.0 Å². The smallest absolute Gasteiger partial charge is 0.218 e. The Hall–Kier alpha value is -0.710. The third-order valence-corrected chi connectivity index (χ3v) is 6.15. The first-order valence-corrected chi connectivity index (χ1v) is 8.64. The monoisotopic (exact) mass is 380 g/mol. The van der Waals surface area contributed by atoms with E-state index in [1.807, 2.05) is 0 Å². The predicted octanol–water partition coefficient (Wildman–Crippen LogP) is 5.57. The van der Waals surface area contributed by atoms with Gasteiger partial charge in [-0.05, 0) is 24.3 Å². The van der Waals surface area contributed by atoms with Gasteiger partial charge in [-0.3, -0.25) is 0 Å². The molecule has 0 atom stereocenters. The van der Waals surface area contributed by atoms with Gasteiger partial charge >= 0.3 is 0 Å². The van der Waals surface area contributed by atoms with Gasteiger partial charge in [0.15, 0.2) is 4.36 Å². The number of benzene rings is 2. The molecule has 21 heavy (non-hydrogen) atoms. The molecule has 0 aromatic heterocycles. The maximum atomic E-state index is 12.4. The van der Waals surface area contributed by atoms with Crippen molar-refractivity contribution in [2.45, 2.75) is 4.90 Å². The van der Waals surface area contributed by atoms with Crippen LogP contribution in [0.1, 0.15) is 5.56 Å². The van der Waals surface area contributed by atoms with Crippen molar-refractivity contribution in [3.8, 4) is 0 Å². The molecule has 0 amide bonds. The highest BCUT2D eigenvalue weighted by Gasteiger charge is 2.23. The molecule has 2 aromatic rings. The van der Waals surface area contributed by atoms with Crippen LogP contribution in [0.3, 0.4) is 0 Å². The number of rotatable bonds is 3. The van der Waals surface area contributed by atoms with Crippen LogP contribution in [0.4, 0.5) is 0 Å². The van der Waals surface area contributed by atoms with Gasteiger partial charge in [-0.25, -0.2) is 8.42 Å². The van der Waals surface area contributed by atoms with E-state index in [0.717, 1.165) is 0 Å². The summed E-state index contributed by atoms with van der Waals surface area (Å²) < 4.78 is 24.3. The van der Waals surface area contributed by atoms with E-state index in [2.05, 4.69) is 0 Å². The lowest BCUT2D eigenvalue weighted by molar-refractivity contribution is 0.604. The van der Waals surface area contributed by atoms with E-state index in [0.29, 0.717) is 10.6 Å². The zero-order valence-corrected chi connectivity index (χ0v) is 14.2. The van der Waals surface area contributed by atoms with Crippen molar-refractivity contribution in [3.63, 3.8) is 0 Å². The van der Waals surface area contributed by atoms with Crippen LogP contribution in [-0.4, -0.2) is 8.42 Å². The zero-order valence-electron chi connectivity index (χ0n) is 10.4. The standard InChI is InChI=1S/C14H8Cl4O2S/c15-9-6-7-11(12(16)8-9)13(17)14(18)21(19,20)10-4-2-1-3-5-10/h1-8H/b14-13+. The minimum atomic E-state index is -3.89. The van der Waals surface area contributed by atoms with Crippen molar-refractivity contribution >= 4 is 61.3 Å². The highest BCUT2D eigenvalue weighted by atomic mass is 35.5. The fourth-order valence-electron chi connectivity index (χ4n) is 1.59. The lowest BCUT2D eigenvalue weighted by Crippen LogP contribution is -2.02. The fourth-order valence-corrected chi connectivity index (χ4v) is 4.05. The van der Waals surface area contributed by atoms with Crippen molar-refractivity contribution in [3.05, 3.63) is 68.5 Å². The second-order valence-electron chi connectivity index (χ2n) is 4.03. The first-order valence-electron chi connectivity index (χ1n) is 5.65. The number of sulfone groups is 1. The van der Waals surface area contributed by atoms with E-state index in [1.165, 1.54) is 24.3 Å². The third-order valence-electron chi connectivity index (χ3n) is 2.63. The van der Waals surface area contributed by atoms with E-state index >= 15 is 0 Å². The quantitative estimate of drug-likeness (QED) is 0.696. The molecular formula is C14H8Cl4O2S. The largest absolute Gasteiger partial charge is 0.218 e. The van der Waals surface area contributed by atoms with Crippen LogP contribution in [0.15, 0.2) is 57.8 Å². The molecule has 7 heteroatoms. The summed E-state index contributed by atoms with van der Waals surface area (Å²) in [5, 5.41) is 0.478. The summed E-state index contributed by atoms with van der Waals surface area (Å²) in [4.78, 5) is 0.0539. The highest BCUT2D eigenvalue weighted by Crippen LogP contribution is 2.36. The van der Waals surface area contributed by atoms with Gasteiger partial charge in [0.1, 0.15) is 0 Å². The summed E-state index contributed by atoms with van der Waals surface area (Å²) in [7, 11) is -3.89. The number of halogens is 4. The molecular weight excluding hydrogens is 374 g/mol. The first kappa shape index (κ1) is 16.7. The van der Waals surface area contributed by atoms with E-state index in [1.54, 1.807) is 24.3 Å². The summed E-state index contributed by atoms with van der Waals surface area (Å²) in [5.74, 6) is 0. The van der Waals surface area contributed by atoms with Gasteiger partial charge in [-0.15, -0.1) is 0 Å². The second-order valence-corrected chi connectivity index (χ2v) is 7.74. The van der Waals surface area contributed by atoms with Gasteiger partial charge in [0, 0.05) is 10.6 Å². The molecule has 0 fully saturated rings. The zero-order chi connectivity index (χ0) is 15.6. The molecule has 2 nitrogen and oxygen atoms in total. The lowest BCUT2D eigenvalue weighted by atomic mass is 10.2. The molecule has 0 aliphatic heterocycles. The Morgan fingerprint density at radius 1 is 0.905 bits per heavy atom. The molecule has 0 aliphatic rings. The van der Waals surface area contributed by atoms with Gasteiger partial charge in [-0.2, -0.15) is 0 Å². The molecule has 0 unspecified atom stereocenters. The van der Waals surface area contributed by atoms with Crippen LogP contribution < -0.4 is 0 Å². The van der Waals surface area contributed by atoms with E-state index in [4.69, 9.17) is 46.4 Å². The van der Waals surface area contributed by atoms with Crippen LogP contribution in [0.5, 0.6) is 0 Å². The van der Waals surface area contributed by atoms with Crippen LogP contribution in [-0.2, 0) is 9.84 Å². The first-order chi connectivity index (χ1) is 9.84. The van der Waals surface area contributed by atoms with Gasteiger partial charge in [0.25, 0.3) is 0 Å². The minimum absolute atomic E-state index is 0.0539. The molecule has 0 saturated carbocycles. The molecule has 0 saturated heterocycles. The Morgan fingerprint density at radius 2 is 1.52 bits per heavy atom. The lowest BCUT2D eigenvalue weighted by Gasteiger charge is -2.08. The van der Waals surface area contributed by atoms with Gasteiger partial charge in [-0.1, -0.05) is 70.7 Å². The average molecular weight is 382 g/mol. The maximum Gasteiger partial charge on any atom is 0.218 e. The molecule has 0 heterocycles. The Morgan fingerprint density at radius 3 is 2.10 bits per heavy atom. The predicted molar refractivity (Wildman–Crippen MR) is 88.7 cm³/mol. The summed E-state index contributed by atoms with van der Waals surface area (Å²) in [6, 6.07) is 12.3. The van der Waals surface area contributed by atoms with Crippen molar-refractivity contribution in [2.75, 3.05) is 0 Å². The van der Waals surface area contributed by atoms with Crippen molar-refractivity contribution in [2.24, 2.45) is 0 Å². The summed E-state index contributed by atoms with van der Waals surface area (Å²) in [5.41, 5.74) is 0.298. The topological polar surface area (TPSA) is 34.1 Å². The SMILES string of the molecule is O=S(=O)(/C(Cl)=C(/Cl)c1ccc(Cl)cc1Cl)c1ccccc1. The Bertz CT molecular complexity index is 799. The van der Waals surface area contributed by atoms with Crippen molar-refractivity contribution in [1.29, 1.82) is 0 Å². The molecule has 2 aromatic carbocycles. The average Bonchev–Trinajstić information content (AvgIpc) is 2.46. The Labute approximate surface area is 142 Å². The van der Waals surface area contributed by atoms with Crippen LogP contribution in [0.25, 0.3) is 5.03 Å². The van der Waals surface area contributed by atoms with Crippen molar-refractivity contribution in [1.82, 2.24) is 0 Å².